The molecule has 0 atom stereocenters. The van der Waals surface area contributed by atoms with Gasteiger partial charge < -0.3 is 13.9 Å². The number of ether oxygens (including phenoxy) is 1. The summed E-state index contributed by atoms with van der Waals surface area (Å²) in [7, 11) is 1.71. The molecule has 0 amide bonds. The van der Waals surface area contributed by atoms with E-state index in [1.165, 1.54) is 5.56 Å². The summed E-state index contributed by atoms with van der Waals surface area (Å²) < 4.78 is 14.8. The first-order valence-corrected chi connectivity index (χ1v) is 20.4. The molecule has 0 radical (unpaired) electrons. The Morgan fingerprint density at radius 2 is 1.13 bits per heavy atom. The molecule has 0 bridgehead atoms. The Balaban J connectivity index is 0.00000445. The van der Waals surface area contributed by atoms with Crippen LogP contribution in [0.25, 0.3) is 88.8 Å². The standard InChI is InChI=1S/C54H42N5O.Pt/c1-35-56(39-30-28-37(29-31-39)54(2,3)4)47-24-13-14-25-48(47)57(35)40-18-15-19-41(34-40)59-46-23-12-10-21-44(46)51-49(36-26-32-42(60-5)33-27-36)50-43-20-9-11-22-45(43)58(52(50)55-53(51)59)38-16-7-6-8-17-38;/h6-16,18-33H,1-5H3;/q-1;+2. The van der Waals surface area contributed by atoms with Crippen molar-refractivity contribution in [2.45, 2.75) is 33.1 Å². The van der Waals surface area contributed by atoms with E-state index in [4.69, 9.17) is 9.72 Å². The van der Waals surface area contributed by atoms with Crippen molar-refractivity contribution in [3.05, 3.63) is 187 Å². The van der Waals surface area contributed by atoms with E-state index in [9.17, 15) is 0 Å². The molecule has 7 heteroatoms. The molecule has 298 valence electrons. The number of fused-ring (bicyclic) bond motifs is 7. The monoisotopic (exact) mass is 971 g/mol. The number of methoxy groups -OCH3 is 1. The summed E-state index contributed by atoms with van der Waals surface area (Å²) >= 11 is 0. The fraction of sp³-hybridized carbons (Fsp3) is 0.111. The van der Waals surface area contributed by atoms with Crippen molar-refractivity contribution in [3.8, 4) is 39.6 Å². The number of para-hydroxylation sites is 5. The molecule has 0 aliphatic heterocycles. The maximum atomic E-state index is 5.71. The molecule has 11 rings (SSSR count). The van der Waals surface area contributed by atoms with Crippen molar-refractivity contribution in [2.24, 2.45) is 0 Å². The summed E-state index contributed by atoms with van der Waals surface area (Å²) in [5, 5.41) is 4.43. The van der Waals surface area contributed by atoms with Gasteiger partial charge in [0.15, 0.2) is 11.0 Å². The van der Waals surface area contributed by atoms with Crippen molar-refractivity contribution >= 4 is 54.9 Å². The summed E-state index contributed by atoms with van der Waals surface area (Å²) in [4.78, 5) is 5.71. The van der Waals surface area contributed by atoms with Gasteiger partial charge in [0.1, 0.15) is 22.7 Å². The zero-order chi connectivity index (χ0) is 40.7. The third kappa shape index (κ3) is 6.03. The first kappa shape index (κ1) is 38.5. The van der Waals surface area contributed by atoms with E-state index in [0.717, 1.165) is 100 Å². The smallest absolute Gasteiger partial charge is 0.497 e. The van der Waals surface area contributed by atoms with Gasteiger partial charge in [-0.15, -0.1) is 24.3 Å². The number of benzene rings is 7. The number of hydrogen-bond acceptors (Lipinski definition) is 2. The third-order valence-electron chi connectivity index (χ3n) is 12.0. The van der Waals surface area contributed by atoms with Crippen LogP contribution in [-0.2, 0) is 26.5 Å². The van der Waals surface area contributed by atoms with E-state index in [1.54, 1.807) is 7.11 Å². The fourth-order valence-electron chi connectivity index (χ4n) is 9.18. The van der Waals surface area contributed by atoms with Crippen LogP contribution in [0, 0.1) is 19.1 Å². The molecule has 0 spiro atoms. The molecule has 0 saturated heterocycles. The predicted molar refractivity (Wildman–Crippen MR) is 244 cm³/mol. The molecule has 6 nitrogen and oxygen atoms in total. The summed E-state index contributed by atoms with van der Waals surface area (Å²) in [6.45, 7) is 8.96. The normalized spacial score (nSPS) is 11.9. The van der Waals surface area contributed by atoms with Crippen LogP contribution < -0.4 is 9.30 Å². The van der Waals surface area contributed by atoms with E-state index in [-0.39, 0.29) is 26.5 Å². The van der Waals surface area contributed by atoms with Crippen LogP contribution in [0.2, 0.25) is 0 Å². The predicted octanol–water partition coefficient (Wildman–Crippen LogP) is 12.4. The van der Waals surface area contributed by atoms with E-state index in [1.807, 2.05) is 24.3 Å². The third-order valence-corrected chi connectivity index (χ3v) is 12.0. The van der Waals surface area contributed by atoms with Crippen LogP contribution in [0.4, 0.5) is 0 Å². The number of rotatable bonds is 6. The van der Waals surface area contributed by atoms with Crippen LogP contribution in [-0.4, -0.2) is 25.8 Å². The molecule has 0 unspecified atom stereocenters. The Morgan fingerprint density at radius 3 is 1.74 bits per heavy atom. The molecule has 0 fully saturated rings. The number of pyridine rings is 1. The second-order valence-corrected chi connectivity index (χ2v) is 16.5. The maximum Gasteiger partial charge on any atom is 2.00 e. The number of hydrogen-bond donors (Lipinski definition) is 0. The molecular weight excluding hydrogens is 930 g/mol. The van der Waals surface area contributed by atoms with Gasteiger partial charge in [0, 0.05) is 39.7 Å². The van der Waals surface area contributed by atoms with E-state index >= 15 is 0 Å². The second kappa shape index (κ2) is 14.8. The molecule has 61 heavy (non-hydrogen) atoms. The molecule has 11 aromatic rings. The SMILES string of the molecule is COc1ccc(-c2c3c4ccccc4n(-c4[c-]cccc4)c3nc3c2c2ccccc2n3-c2[c-]c(-n3c(C)[n+](-c4ccc(C(C)(C)C)cc4)c4ccccc43)ccc2)cc1.[Pt+2]. The van der Waals surface area contributed by atoms with Gasteiger partial charge in [-0.25, -0.2) is 9.55 Å². The van der Waals surface area contributed by atoms with Crippen LogP contribution in [0.15, 0.2) is 164 Å². The average Bonchev–Trinajstić information content (AvgIpc) is 3.90. The Hall–Kier alpha value is -6.75. The molecule has 4 heterocycles. The summed E-state index contributed by atoms with van der Waals surface area (Å²) in [5.41, 5.74) is 13.6. The molecular formula is C54H42N5OPt+. The maximum absolute atomic E-state index is 5.71. The Morgan fingerprint density at radius 1 is 0.574 bits per heavy atom. The van der Waals surface area contributed by atoms with Crippen LogP contribution in [0.3, 0.4) is 0 Å². The van der Waals surface area contributed by atoms with Crippen molar-refractivity contribution in [1.29, 1.82) is 0 Å². The first-order valence-electron chi connectivity index (χ1n) is 20.4. The van der Waals surface area contributed by atoms with Crippen molar-refractivity contribution in [3.63, 3.8) is 0 Å². The van der Waals surface area contributed by atoms with Crippen LogP contribution in [0.5, 0.6) is 5.75 Å². The van der Waals surface area contributed by atoms with Gasteiger partial charge in [0.25, 0.3) is 5.82 Å². The average molecular weight is 972 g/mol. The van der Waals surface area contributed by atoms with Gasteiger partial charge in [0.2, 0.25) is 0 Å². The van der Waals surface area contributed by atoms with Crippen molar-refractivity contribution in [2.75, 3.05) is 7.11 Å². The minimum Gasteiger partial charge on any atom is -0.497 e. The minimum atomic E-state index is 0. The fourth-order valence-corrected chi connectivity index (χ4v) is 9.18. The Kier molecular flexibility index (Phi) is 9.30. The Labute approximate surface area is 369 Å². The zero-order valence-corrected chi connectivity index (χ0v) is 36.8. The van der Waals surface area contributed by atoms with Crippen molar-refractivity contribution in [1.82, 2.24) is 18.7 Å². The number of imidazole rings is 1. The van der Waals surface area contributed by atoms with Crippen molar-refractivity contribution < 1.29 is 30.4 Å². The minimum absolute atomic E-state index is 0. The van der Waals surface area contributed by atoms with Crippen LogP contribution in [0.1, 0.15) is 32.2 Å². The molecule has 0 saturated carbocycles. The van der Waals surface area contributed by atoms with Gasteiger partial charge >= 0.3 is 21.1 Å². The van der Waals surface area contributed by atoms with E-state index in [2.05, 4.69) is 198 Å². The zero-order valence-electron chi connectivity index (χ0n) is 34.5. The quantitative estimate of drug-likeness (QED) is 0.123. The van der Waals surface area contributed by atoms with E-state index < -0.39 is 0 Å². The number of nitrogens with zero attached hydrogens (tertiary/aromatic N) is 5. The molecule has 0 aliphatic carbocycles. The van der Waals surface area contributed by atoms with Crippen LogP contribution >= 0.6 is 0 Å². The largest absolute Gasteiger partial charge is 2.00 e. The topological polar surface area (TPSA) is 40.8 Å². The molecule has 7 aromatic carbocycles. The summed E-state index contributed by atoms with van der Waals surface area (Å²) in [6, 6.07) is 65.3. The number of aromatic nitrogens is 5. The first-order chi connectivity index (χ1) is 29.3. The summed E-state index contributed by atoms with van der Waals surface area (Å²) in [6.07, 6.45) is 0. The molecule has 0 N–H and O–H groups in total. The molecule has 0 aliphatic rings. The summed E-state index contributed by atoms with van der Waals surface area (Å²) in [5.74, 6) is 1.90. The van der Waals surface area contributed by atoms with Gasteiger partial charge in [-0.2, -0.15) is 34.9 Å². The van der Waals surface area contributed by atoms with Gasteiger partial charge in [-0.3, -0.25) is 0 Å². The Bertz CT molecular complexity index is 3440. The van der Waals surface area contributed by atoms with Gasteiger partial charge in [-0.1, -0.05) is 105 Å². The molecule has 4 aromatic heterocycles. The second-order valence-electron chi connectivity index (χ2n) is 16.5. The van der Waals surface area contributed by atoms with Gasteiger partial charge in [-0.05, 0) is 65.1 Å². The van der Waals surface area contributed by atoms with E-state index in [0.29, 0.717) is 0 Å². The van der Waals surface area contributed by atoms with Gasteiger partial charge in [0.05, 0.1) is 18.1 Å².